The topological polar surface area (TPSA) is 59.1 Å². The highest BCUT2D eigenvalue weighted by atomic mass is 79.9. The molecule has 0 bridgehead atoms. The first-order chi connectivity index (χ1) is 10.3. The van der Waals surface area contributed by atoms with E-state index in [1.165, 1.54) is 0 Å². The van der Waals surface area contributed by atoms with Gasteiger partial charge in [0.15, 0.2) is 0 Å². The van der Waals surface area contributed by atoms with Gasteiger partial charge in [0.1, 0.15) is 18.0 Å². The molecule has 2 heterocycles. The molecule has 5 nitrogen and oxygen atoms in total. The summed E-state index contributed by atoms with van der Waals surface area (Å²) in [4.78, 5) is 8.46. The summed E-state index contributed by atoms with van der Waals surface area (Å²) in [7, 11) is 0. The van der Waals surface area contributed by atoms with Crippen molar-refractivity contribution in [3.8, 4) is 0 Å². The first-order valence-electron chi connectivity index (χ1n) is 7.00. The smallest absolute Gasteiger partial charge is 0.135 e. The Morgan fingerprint density at radius 3 is 2.76 bits per heavy atom. The molecule has 1 saturated heterocycles. The number of ether oxygens (including phenoxy) is 1. The molecule has 0 radical (unpaired) electrons. The summed E-state index contributed by atoms with van der Waals surface area (Å²) in [5, 5.41) is 6.55. The van der Waals surface area contributed by atoms with Crippen LogP contribution < -0.4 is 10.6 Å². The van der Waals surface area contributed by atoms with E-state index >= 15 is 0 Å². The molecule has 1 fully saturated rings. The number of nitrogens with one attached hydrogen (secondary N) is 2. The van der Waals surface area contributed by atoms with Crippen LogP contribution in [0.4, 0.5) is 17.3 Å². The quantitative estimate of drug-likeness (QED) is 0.864. The van der Waals surface area contributed by atoms with Crippen molar-refractivity contribution in [3.63, 3.8) is 0 Å². The third-order valence-corrected chi connectivity index (χ3v) is 3.85. The van der Waals surface area contributed by atoms with E-state index in [2.05, 4.69) is 36.5 Å². The number of hydrogen-bond acceptors (Lipinski definition) is 5. The van der Waals surface area contributed by atoms with Crippen molar-refractivity contribution in [1.29, 1.82) is 0 Å². The number of aromatic nitrogens is 2. The number of anilines is 3. The Labute approximate surface area is 132 Å². The second-order valence-electron chi connectivity index (χ2n) is 4.94. The molecule has 1 aromatic carbocycles. The fraction of sp³-hybridized carbons (Fsp3) is 0.333. The highest BCUT2D eigenvalue weighted by Gasteiger charge is 2.15. The van der Waals surface area contributed by atoms with E-state index in [1.807, 2.05) is 30.3 Å². The third kappa shape index (κ3) is 4.15. The Morgan fingerprint density at radius 2 is 2.00 bits per heavy atom. The van der Waals surface area contributed by atoms with E-state index in [0.717, 1.165) is 47.8 Å². The Bertz CT molecular complexity index is 584. The Hall–Kier alpha value is -1.66. The van der Waals surface area contributed by atoms with E-state index in [4.69, 9.17) is 4.74 Å². The molecule has 0 spiro atoms. The maximum absolute atomic E-state index is 5.59. The van der Waals surface area contributed by atoms with Crippen LogP contribution in [0.25, 0.3) is 0 Å². The zero-order valence-electron chi connectivity index (χ0n) is 11.6. The van der Waals surface area contributed by atoms with Gasteiger partial charge in [0, 0.05) is 29.4 Å². The Balaban J connectivity index is 1.60. The van der Waals surface area contributed by atoms with Crippen LogP contribution in [0, 0.1) is 0 Å². The van der Waals surface area contributed by atoms with Gasteiger partial charge in [-0.15, -0.1) is 0 Å². The van der Waals surface area contributed by atoms with Crippen molar-refractivity contribution in [3.05, 3.63) is 41.1 Å². The lowest BCUT2D eigenvalue weighted by molar-refractivity contribution is 0.120. The van der Waals surface area contributed by atoms with Crippen LogP contribution >= 0.6 is 15.9 Å². The summed E-state index contributed by atoms with van der Waals surface area (Å²) < 4.78 is 6.64. The molecule has 1 aromatic heterocycles. The second kappa shape index (κ2) is 6.87. The van der Waals surface area contributed by atoms with E-state index in [1.54, 1.807) is 6.33 Å². The second-order valence-corrected chi connectivity index (χ2v) is 5.85. The number of rotatable bonds is 5. The lowest BCUT2D eigenvalue weighted by Gasteiger charge is -2.12. The molecule has 21 heavy (non-hydrogen) atoms. The van der Waals surface area contributed by atoms with Gasteiger partial charge in [-0.2, -0.15) is 0 Å². The highest BCUT2D eigenvalue weighted by Crippen LogP contribution is 2.19. The average molecular weight is 349 g/mol. The zero-order chi connectivity index (χ0) is 14.5. The molecule has 2 aromatic rings. The van der Waals surface area contributed by atoms with Crippen molar-refractivity contribution in [2.45, 2.75) is 18.9 Å². The number of halogens is 1. The van der Waals surface area contributed by atoms with E-state index in [9.17, 15) is 0 Å². The summed E-state index contributed by atoms with van der Waals surface area (Å²) >= 11 is 3.42. The van der Waals surface area contributed by atoms with Crippen LogP contribution in [0.2, 0.25) is 0 Å². The van der Waals surface area contributed by atoms with Crippen molar-refractivity contribution >= 4 is 33.3 Å². The number of hydrogen-bond donors (Lipinski definition) is 2. The van der Waals surface area contributed by atoms with Gasteiger partial charge in [0.2, 0.25) is 0 Å². The predicted molar refractivity (Wildman–Crippen MR) is 86.9 cm³/mol. The number of nitrogens with zero attached hydrogens (tertiary/aromatic N) is 2. The molecule has 1 aliphatic rings. The standard InChI is InChI=1S/C15H17BrN4O/c16-11-3-5-12(6-4-11)20-15-8-14(18-10-19-15)17-9-13-2-1-7-21-13/h3-6,8,10,13H,1-2,7,9H2,(H2,17,18,19,20). The zero-order valence-corrected chi connectivity index (χ0v) is 13.1. The minimum absolute atomic E-state index is 0.294. The monoisotopic (exact) mass is 348 g/mol. The van der Waals surface area contributed by atoms with Gasteiger partial charge in [0.25, 0.3) is 0 Å². The summed E-state index contributed by atoms with van der Waals surface area (Å²) in [6, 6.07) is 9.86. The van der Waals surface area contributed by atoms with Crippen molar-refractivity contribution < 1.29 is 4.74 Å². The minimum atomic E-state index is 0.294. The summed E-state index contributed by atoms with van der Waals surface area (Å²) in [5.41, 5.74) is 0.988. The largest absolute Gasteiger partial charge is 0.376 e. The molecule has 0 aliphatic carbocycles. The van der Waals surface area contributed by atoms with Gasteiger partial charge < -0.3 is 15.4 Å². The van der Waals surface area contributed by atoms with Crippen LogP contribution in [0.3, 0.4) is 0 Å². The summed E-state index contributed by atoms with van der Waals surface area (Å²) in [6.07, 6.45) is 4.11. The van der Waals surface area contributed by atoms with Crippen LogP contribution in [-0.2, 0) is 4.74 Å². The lowest BCUT2D eigenvalue weighted by Crippen LogP contribution is -2.19. The maximum Gasteiger partial charge on any atom is 0.135 e. The van der Waals surface area contributed by atoms with Gasteiger partial charge >= 0.3 is 0 Å². The summed E-state index contributed by atoms with van der Waals surface area (Å²) in [6.45, 7) is 1.65. The first kappa shape index (κ1) is 14.3. The Morgan fingerprint density at radius 1 is 1.19 bits per heavy atom. The van der Waals surface area contributed by atoms with Gasteiger partial charge in [-0.3, -0.25) is 0 Å². The predicted octanol–water partition coefficient (Wildman–Crippen LogP) is 3.57. The van der Waals surface area contributed by atoms with Gasteiger partial charge in [0.05, 0.1) is 6.10 Å². The molecule has 110 valence electrons. The minimum Gasteiger partial charge on any atom is -0.376 e. The van der Waals surface area contributed by atoms with Crippen LogP contribution in [0.5, 0.6) is 0 Å². The molecule has 1 atom stereocenters. The lowest BCUT2D eigenvalue weighted by atomic mass is 10.2. The van der Waals surface area contributed by atoms with Crippen molar-refractivity contribution in [2.75, 3.05) is 23.8 Å². The molecule has 6 heteroatoms. The van der Waals surface area contributed by atoms with Crippen LogP contribution in [-0.4, -0.2) is 29.2 Å². The maximum atomic E-state index is 5.59. The van der Waals surface area contributed by atoms with Crippen molar-refractivity contribution in [1.82, 2.24) is 9.97 Å². The molecular formula is C15H17BrN4O. The molecule has 3 rings (SSSR count). The van der Waals surface area contributed by atoms with Crippen LogP contribution in [0.15, 0.2) is 41.1 Å². The van der Waals surface area contributed by atoms with Gasteiger partial charge in [-0.25, -0.2) is 9.97 Å². The fourth-order valence-corrected chi connectivity index (χ4v) is 2.49. The van der Waals surface area contributed by atoms with Crippen LogP contribution in [0.1, 0.15) is 12.8 Å². The van der Waals surface area contributed by atoms with Crippen molar-refractivity contribution in [2.24, 2.45) is 0 Å². The molecule has 1 aliphatic heterocycles. The molecule has 1 unspecified atom stereocenters. The van der Waals surface area contributed by atoms with Gasteiger partial charge in [-0.05, 0) is 37.1 Å². The molecule has 0 saturated carbocycles. The van der Waals surface area contributed by atoms with E-state index in [0.29, 0.717) is 6.10 Å². The first-order valence-corrected chi connectivity index (χ1v) is 7.79. The van der Waals surface area contributed by atoms with E-state index < -0.39 is 0 Å². The SMILES string of the molecule is Brc1ccc(Nc2cc(NCC3CCCO3)ncn2)cc1. The average Bonchev–Trinajstić information content (AvgIpc) is 3.01. The number of benzene rings is 1. The van der Waals surface area contributed by atoms with Gasteiger partial charge in [-0.1, -0.05) is 15.9 Å². The summed E-state index contributed by atoms with van der Waals surface area (Å²) in [5.74, 6) is 1.57. The molecule has 2 N–H and O–H groups in total. The normalized spacial score (nSPS) is 17.7. The molecule has 0 amide bonds. The molecular weight excluding hydrogens is 332 g/mol. The highest BCUT2D eigenvalue weighted by molar-refractivity contribution is 9.10. The fourth-order valence-electron chi connectivity index (χ4n) is 2.23. The van der Waals surface area contributed by atoms with E-state index in [-0.39, 0.29) is 0 Å². The Kier molecular flexibility index (Phi) is 4.67. The third-order valence-electron chi connectivity index (χ3n) is 3.32.